The lowest BCUT2D eigenvalue weighted by Crippen LogP contribution is -2.43. The number of rotatable bonds is 15. The van der Waals surface area contributed by atoms with Crippen molar-refractivity contribution in [3.05, 3.63) is 0 Å². The lowest BCUT2D eigenvalue weighted by molar-refractivity contribution is -0.873. The van der Waals surface area contributed by atoms with Gasteiger partial charge in [-0.05, 0) is 6.42 Å². The Morgan fingerprint density at radius 1 is 1.00 bits per heavy atom. The standard InChI is InChI=1S/C19H37NO4/c1-5-6-7-8-9-10-11-12-13-14-19(23)24-17(15-18(21)22)16-20(2,3)4/h17H,5-16H2,1-4H3/p+1/i1D3. The highest BCUT2D eigenvalue weighted by atomic mass is 16.5. The third kappa shape index (κ3) is 15.8. The van der Waals surface area contributed by atoms with Crippen molar-refractivity contribution in [1.29, 1.82) is 0 Å². The van der Waals surface area contributed by atoms with Gasteiger partial charge in [0.05, 0.1) is 27.6 Å². The fraction of sp³-hybridized carbons (Fsp3) is 0.895. The van der Waals surface area contributed by atoms with Crippen molar-refractivity contribution in [2.45, 2.75) is 83.6 Å². The van der Waals surface area contributed by atoms with Crippen LogP contribution in [-0.2, 0) is 14.3 Å². The molecule has 0 saturated heterocycles. The smallest absolute Gasteiger partial charge is 0.307 e. The maximum atomic E-state index is 11.9. The molecule has 0 saturated carbocycles. The number of hydrogen-bond donors (Lipinski definition) is 1. The molecular weight excluding hydrogens is 306 g/mol. The van der Waals surface area contributed by atoms with Crippen LogP contribution in [0.25, 0.3) is 0 Å². The second-order valence-electron chi connectivity index (χ2n) is 7.51. The third-order valence-corrected chi connectivity index (χ3v) is 3.76. The molecule has 1 N–H and O–H groups in total. The van der Waals surface area contributed by atoms with E-state index in [2.05, 4.69) is 0 Å². The summed E-state index contributed by atoms with van der Waals surface area (Å²) >= 11 is 0. The molecule has 142 valence electrons. The van der Waals surface area contributed by atoms with Crippen LogP contribution in [0, 0.1) is 0 Å². The molecule has 0 heterocycles. The average Bonchev–Trinajstić information content (AvgIpc) is 2.45. The molecule has 0 aliphatic rings. The number of esters is 1. The number of unbranched alkanes of at least 4 members (excludes halogenated alkanes) is 7. The van der Waals surface area contributed by atoms with Crippen LogP contribution in [0.2, 0.25) is 0 Å². The van der Waals surface area contributed by atoms with Crippen LogP contribution < -0.4 is 0 Å². The number of hydrogen-bond acceptors (Lipinski definition) is 3. The molecule has 0 radical (unpaired) electrons. The highest BCUT2D eigenvalue weighted by molar-refractivity contribution is 5.71. The van der Waals surface area contributed by atoms with Gasteiger partial charge in [-0.25, -0.2) is 0 Å². The molecule has 0 aliphatic heterocycles. The Balaban J connectivity index is 3.76. The molecule has 0 fully saturated rings. The SMILES string of the molecule is [2H]C([2H])([2H])CCCCCCCCCCC(=O)OC(CC(=O)O)C[N+](C)(C)C. The van der Waals surface area contributed by atoms with Gasteiger partial charge in [-0.15, -0.1) is 0 Å². The topological polar surface area (TPSA) is 63.6 Å². The summed E-state index contributed by atoms with van der Waals surface area (Å²) in [6.45, 7) is -1.33. The number of quaternary nitrogens is 1. The van der Waals surface area contributed by atoms with Gasteiger partial charge in [0, 0.05) is 10.5 Å². The van der Waals surface area contributed by atoms with E-state index in [9.17, 15) is 9.59 Å². The Morgan fingerprint density at radius 3 is 2.04 bits per heavy atom. The second kappa shape index (κ2) is 13.2. The number of aliphatic carboxylic acids is 1. The minimum atomic E-state index is -1.80. The maximum absolute atomic E-state index is 11.9. The molecule has 0 aromatic rings. The fourth-order valence-electron chi connectivity index (χ4n) is 2.65. The molecule has 0 spiro atoms. The summed E-state index contributed by atoms with van der Waals surface area (Å²) in [4.78, 5) is 22.9. The van der Waals surface area contributed by atoms with Crippen LogP contribution in [0.4, 0.5) is 0 Å². The summed E-state index contributed by atoms with van der Waals surface area (Å²) in [6, 6.07) is 0. The summed E-state index contributed by atoms with van der Waals surface area (Å²) in [5.74, 6) is -1.28. The van der Waals surface area contributed by atoms with Gasteiger partial charge < -0.3 is 14.3 Å². The molecule has 5 nitrogen and oxygen atoms in total. The van der Waals surface area contributed by atoms with Gasteiger partial charge in [-0.1, -0.05) is 58.2 Å². The van der Waals surface area contributed by atoms with Crippen molar-refractivity contribution in [2.24, 2.45) is 0 Å². The van der Waals surface area contributed by atoms with E-state index in [0.717, 1.165) is 51.4 Å². The van der Waals surface area contributed by atoms with Crippen molar-refractivity contribution in [2.75, 3.05) is 27.7 Å². The number of carbonyl (C=O) groups excluding carboxylic acids is 1. The maximum Gasteiger partial charge on any atom is 0.307 e. The van der Waals surface area contributed by atoms with Crippen molar-refractivity contribution < 1.29 is 28.0 Å². The Morgan fingerprint density at radius 2 is 1.54 bits per heavy atom. The van der Waals surface area contributed by atoms with Crippen LogP contribution in [0.15, 0.2) is 0 Å². The van der Waals surface area contributed by atoms with E-state index in [1.807, 2.05) is 21.1 Å². The summed E-state index contributed by atoms with van der Waals surface area (Å²) < 4.78 is 27.3. The van der Waals surface area contributed by atoms with Crippen molar-refractivity contribution in [1.82, 2.24) is 0 Å². The first-order valence-electron chi connectivity index (χ1n) is 10.6. The quantitative estimate of drug-likeness (QED) is 0.276. The van der Waals surface area contributed by atoms with E-state index >= 15 is 0 Å². The Hall–Kier alpha value is -1.10. The number of nitrogens with zero attached hydrogens (tertiary/aromatic N) is 1. The van der Waals surface area contributed by atoms with Crippen molar-refractivity contribution in [3.8, 4) is 0 Å². The Kier molecular flexibility index (Phi) is 9.76. The monoisotopic (exact) mass is 347 g/mol. The van der Waals surface area contributed by atoms with Crippen molar-refractivity contribution >= 4 is 11.9 Å². The van der Waals surface area contributed by atoms with Gasteiger partial charge in [0.2, 0.25) is 0 Å². The average molecular weight is 348 g/mol. The third-order valence-electron chi connectivity index (χ3n) is 3.76. The zero-order valence-corrected chi connectivity index (χ0v) is 15.7. The van der Waals surface area contributed by atoms with Gasteiger partial charge in [0.25, 0.3) is 0 Å². The van der Waals surface area contributed by atoms with E-state index < -0.39 is 18.9 Å². The summed E-state index contributed by atoms with van der Waals surface area (Å²) in [5.41, 5.74) is 0. The predicted molar refractivity (Wildman–Crippen MR) is 96.9 cm³/mol. The van der Waals surface area contributed by atoms with E-state index in [-0.39, 0.29) is 12.4 Å². The molecule has 0 bridgehead atoms. The molecule has 0 aromatic carbocycles. The normalized spacial score (nSPS) is 15.2. The Bertz CT molecular complexity index is 434. The number of carboxylic acids is 1. The minimum Gasteiger partial charge on any atom is -0.481 e. The lowest BCUT2D eigenvalue weighted by atomic mass is 10.1. The molecular formula is C19H38NO4+. The van der Waals surface area contributed by atoms with Gasteiger partial charge in [-0.2, -0.15) is 0 Å². The molecule has 1 atom stereocenters. The summed E-state index contributed by atoms with van der Waals surface area (Å²) in [5, 5.41) is 8.96. The summed E-state index contributed by atoms with van der Waals surface area (Å²) in [7, 11) is 5.81. The van der Waals surface area contributed by atoms with Crippen LogP contribution >= 0.6 is 0 Å². The zero-order valence-electron chi connectivity index (χ0n) is 18.7. The van der Waals surface area contributed by atoms with E-state index in [1.165, 1.54) is 0 Å². The lowest BCUT2D eigenvalue weighted by Gasteiger charge is -2.28. The number of carbonyl (C=O) groups is 2. The van der Waals surface area contributed by atoms with Crippen molar-refractivity contribution in [3.63, 3.8) is 0 Å². The molecule has 5 heteroatoms. The van der Waals surface area contributed by atoms with E-state index in [4.69, 9.17) is 14.0 Å². The van der Waals surface area contributed by atoms with Crippen LogP contribution in [-0.4, -0.2) is 55.3 Å². The van der Waals surface area contributed by atoms with Crippen LogP contribution in [0.3, 0.4) is 0 Å². The first-order valence-corrected chi connectivity index (χ1v) is 9.11. The largest absolute Gasteiger partial charge is 0.481 e. The van der Waals surface area contributed by atoms with E-state index in [0.29, 0.717) is 23.9 Å². The highest BCUT2D eigenvalue weighted by Crippen LogP contribution is 2.12. The fourth-order valence-corrected chi connectivity index (χ4v) is 2.65. The van der Waals surface area contributed by atoms with Gasteiger partial charge >= 0.3 is 11.9 Å². The molecule has 0 amide bonds. The molecule has 0 aromatic heterocycles. The number of carboxylic acid groups (broad SMARTS) is 1. The number of ether oxygens (including phenoxy) is 1. The van der Waals surface area contributed by atoms with Crippen LogP contribution in [0.5, 0.6) is 0 Å². The van der Waals surface area contributed by atoms with Gasteiger partial charge in [0.1, 0.15) is 6.54 Å². The highest BCUT2D eigenvalue weighted by Gasteiger charge is 2.24. The zero-order chi connectivity index (χ0) is 20.9. The van der Waals surface area contributed by atoms with E-state index in [1.54, 1.807) is 0 Å². The van der Waals surface area contributed by atoms with Crippen LogP contribution in [0.1, 0.15) is 81.6 Å². The Labute approximate surface area is 152 Å². The molecule has 0 aliphatic carbocycles. The predicted octanol–water partition coefficient (Wildman–Crippen LogP) is 4.00. The molecule has 0 rings (SSSR count). The summed E-state index contributed by atoms with van der Waals surface area (Å²) in [6.07, 6.45) is 7.57. The van der Waals surface area contributed by atoms with Gasteiger partial charge in [-0.3, -0.25) is 9.59 Å². The molecule has 1 unspecified atom stereocenters. The van der Waals surface area contributed by atoms with Gasteiger partial charge in [0.15, 0.2) is 6.10 Å². The minimum absolute atomic E-state index is 0.164. The first-order chi connectivity index (χ1) is 12.4. The molecule has 24 heavy (non-hydrogen) atoms. The number of likely N-dealkylation sites (N-methyl/N-ethyl adjacent to an activating group) is 1. The second-order valence-corrected chi connectivity index (χ2v) is 7.51. The first kappa shape index (κ1) is 17.7.